The third-order valence-corrected chi connectivity index (χ3v) is 6.05. The van der Waals surface area contributed by atoms with Gasteiger partial charge in [0.25, 0.3) is 0 Å². The highest BCUT2D eigenvalue weighted by Crippen LogP contribution is 2.43. The van der Waals surface area contributed by atoms with E-state index in [0.29, 0.717) is 25.2 Å². The Morgan fingerprint density at radius 2 is 1.79 bits per heavy atom. The van der Waals surface area contributed by atoms with Crippen LogP contribution in [0.1, 0.15) is 71.1 Å². The monoisotopic (exact) mass is 413 g/mol. The number of piperidine rings is 1. The largest absolute Gasteiger partial charge is 0.667 e. The van der Waals surface area contributed by atoms with Gasteiger partial charge in [-0.25, -0.2) is 13.6 Å². The minimum absolute atomic E-state index is 0.356. The maximum Gasteiger partial charge on any atom is 0.407 e. The number of hydrogen-bond donors (Lipinski definition) is 2. The molecule has 0 aromatic carbocycles. The lowest BCUT2D eigenvalue weighted by Gasteiger charge is -2.44. The van der Waals surface area contributed by atoms with Gasteiger partial charge >= 0.3 is 6.09 Å². The number of nitrogens with one attached hydrogen (secondary N) is 2. The minimum Gasteiger partial charge on any atom is -0.667 e. The number of carbonyl (C=O) groups excluding carboxylic acids is 1. The van der Waals surface area contributed by atoms with Crippen LogP contribution in [0.15, 0.2) is 0 Å². The van der Waals surface area contributed by atoms with Crippen molar-refractivity contribution in [3.05, 3.63) is 5.73 Å². The molecule has 1 heterocycles. The molecule has 0 aromatic rings. The van der Waals surface area contributed by atoms with Crippen LogP contribution in [0.2, 0.25) is 0 Å². The number of likely N-dealkylation sites (tertiary alicyclic amines) is 1. The normalized spacial score (nSPS) is 23.2. The first-order valence-electron chi connectivity index (χ1n) is 10.3. The van der Waals surface area contributed by atoms with Gasteiger partial charge in [-0.2, -0.15) is 5.26 Å². The molecule has 3 fully saturated rings. The van der Waals surface area contributed by atoms with E-state index in [0.717, 1.165) is 19.5 Å². The number of carboxylic acid groups (broad SMARTS) is 1. The van der Waals surface area contributed by atoms with E-state index >= 15 is 0 Å². The fourth-order valence-corrected chi connectivity index (χ4v) is 4.24. The highest BCUT2D eigenvalue weighted by Gasteiger charge is 2.45. The van der Waals surface area contributed by atoms with Crippen LogP contribution in [0, 0.1) is 16.7 Å². The lowest BCUT2D eigenvalue weighted by molar-refractivity contribution is -0.124. The summed E-state index contributed by atoms with van der Waals surface area (Å²) in [4.78, 5) is 23.8. The Balaban J connectivity index is 0.000000207. The molecule has 9 heteroatoms. The van der Waals surface area contributed by atoms with E-state index in [1.807, 2.05) is 6.07 Å². The van der Waals surface area contributed by atoms with Crippen LogP contribution in [-0.2, 0) is 4.79 Å². The molecule has 0 unspecified atom stereocenters. The molecule has 7 nitrogen and oxygen atoms in total. The summed E-state index contributed by atoms with van der Waals surface area (Å²) < 4.78 is 25.0. The van der Waals surface area contributed by atoms with Crippen LogP contribution in [0.5, 0.6) is 0 Å². The Bertz CT molecular complexity index is 629. The molecule has 164 valence electrons. The molecule has 1 spiro atoms. The maximum absolute atomic E-state index is 12.5. The first kappa shape index (κ1) is 23.3. The molecule has 0 bridgehead atoms. The van der Waals surface area contributed by atoms with Crippen molar-refractivity contribution in [2.24, 2.45) is 5.41 Å². The third-order valence-electron chi connectivity index (χ3n) is 6.05. The maximum atomic E-state index is 12.5. The highest BCUT2D eigenvalue weighted by molar-refractivity contribution is 5.84. The molecule has 3 aliphatic rings. The molecule has 1 saturated heterocycles. The van der Waals surface area contributed by atoms with Crippen molar-refractivity contribution in [1.82, 2.24) is 10.2 Å². The summed E-state index contributed by atoms with van der Waals surface area (Å²) in [5.74, 6) is -3.83. The Labute approximate surface area is 170 Å². The molecule has 2 amide bonds. The molecular weight excluding hydrogens is 382 g/mol. The fraction of sp³-hybridized carbons (Fsp3) is 0.850. The summed E-state index contributed by atoms with van der Waals surface area (Å²) in [5, 5.41) is 19.9. The van der Waals surface area contributed by atoms with Crippen LogP contribution >= 0.6 is 0 Å². The van der Waals surface area contributed by atoms with Crippen molar-refractivity contribution >= 4 is 12.0 Å². The van der Waals surface area contributed by atoms with Gasteiger partial charge in [-0.05, 0) is 50.9 Å². The van der Waals surface area contributed by atoms with Crippen LogP contribution in [0.3, 0.4) is 0 Å². The zero-order valence-electron chi connectivity index (χ0n) is 17.0. The first-order valence-corrected chi connectivity index (χ1v) is 10.3. The number of halogens is 2. The summed E-state index contributed by atoms with van der Waals surface area (Å²) in [6.07, 6.45) is 8.26. The van der Waals surface area contributed by atoms with E-state index in [2.05, 4.69) is 5.32 Å². The summed E-state index contributed by atoms with van der Waals surface area (Å²) in [7, 11) is 0. The second-order valence-corrected chi connectivity index (χ2v) is 8.88. The fourth-order valence-electron chi connectivity index (χ4n) is 4.24. The van der Waals surface area contributed by atoms with Crippen molar-refractivity contribution in [2.75, 3.05) is 13.1 Å². The predicted octanol–water partition coefficient (Wildman–Crippen LogP) is 4.34. The molecule has 2 aliphatic carbocycles. The van der Waals surface area contributed by atoms with Crippen molar-refractivity contribution in [3.63, 3.8) is 0 Å². The zero-order valence-corrected chi connectivity index (χ0v) is 17.0. The number of nitrogens with zero attached hydrogens (tertiary/aromatic N) is 2. The SMILES string of the molecule is CC(F)(F)C[C@H]([NH-])C(=O)NC1(C#N)CC1.O=C(O)N1CCCC2(CCCCC2)C1. The van der Waals surface area contributed by atoms with E-state index in [1.54, 1.807) is 4.90 Å². The summed E-state index contributed by atoms with van der Waals surface area (Å²) >= 11 is 0. The van der Waals surface area contributed by atoms with Gasteiger partial charge < -0.3 is 21.1 Å². The number of hydrogen-bond acceptors (Lipinski definition) is 3. The Morgan fingerprint density at radius 1 is 1.21 bits per heavy atom. The molecule has 0 aromatic heterocycles. The van der Waals surface area contributed by atoms with E-state index < -0.39 is 35.9 Å². The van der Waals surface area contributed by atoms with Gasteiger partial charge in [0.15, 0.2) is 0 Å². The Kier molecular flexibility index (Phi) is 7.44. The van der Waals surface area contributed by atoms with Crippen LogP contribution in [0.4, 0.5) is 13.6 Å². The van der Waals surface area contributed by atoms with E-state index in [9.17, 15) is 18.4 Å². The van der Waals surface area contributed by atoms with Crippen molar-refractivity contribution in [2.45, 2.75) is 88.6 Å². The predicted molar refractivity (Wildman–Crippen MR) is 103 cm³/mol. The van der Waals surface area contributed by atoms with Crippen molar-refractivity contribution in [1.29, 1.82) is 5.26 Å². The second kappa shape index (κ2) is 9.24. The average Bonchev–Trinajstić information content (AvgIpc) is 3.41. The second-order valence-electron chi connectivity index (χ2n) is 8.88. The van der Waals surface area contributed by atoms with Crippen molar-refractivity contribution < 1.29 is 23.5 Å². The molecule has 1 atom stereocenters. The van der Waals surface area contributed by atoms with Crippen LogP contribution < -0.4 is 5.32 Å². The van der Waals surface area contributed by atoms with Gasteiger partial charge in [0.1, 0.15) is 5.54 Å². The first-order chi connectivity index (χ1) is 13.5. The summed E-state index contributed by atoms with van der Waals surface area (Å²) in [5.41, 5.74) is 6.68. The third kappa shape index (κ3) is 7.11. The minimum atomic E-state index is -3.03. The number of alkyl halides is 2. The molecule has 1 aliphatic heterocycles. The molecule has 3 rings (SSSR count). The number of amides is 2. The lowest BCUT2D eigenvalue weighted by atomic mass is 9.69. The molecule has 3 N–H and O–H groups in total. The van der Waals surface area contributed by atoms with Crippen LogP contribution in [0.25, 0.3) is 5.73 Å². The average molecular weight is 413 g/mol. The quantitative estimate of drug-likeness (QED) is 0.713. The van der Waals surface area contributed by atoms with Gasteiger partial charge in [-0.15, -0.1) is 0 Å². The number of rotatable bonds is 4. The lowest BCUT2D eigenvalue weighted by Crippen LogP contribution is -2.46. The molecule has 0 radical (unpaired) electrons. The molecular formula is C20H31F2N4O3-. The van der Waals surface area contributed by atoms with Gasteiger partial charge in [0, 0.05) is 19.5 Å². The molecule has 29 heavy (non-hydrogen) atoms. The zero-order chi connectivity index (χ0) is 21.7. The topological polar surface area (TPSA) is 117 Å². The standard InChI is InChI=1S/C11H19NO2.C9H12F2N3O/c13-10(14)12-8-4-7-11(9-12)5-2-1-3-6-11;1-8(10,11)4-6(13)7(15)14-9(5-12)2-3-9/h1-9H2,(H,13,14);6,13H,2-4H2,1H3,(H,14,15)/q;-1/t;6-/m.0/s1. The molecule has 2 saturated carbocycles. The van der Waals surface area contributed by atoms with Crippen molar-refractivity contribution in [3.8, 4) is 6.07 Å². The summed E-state index contributed by atoms with van der Waals surface area (Å²) in [6, 6.07) is 0.380. The number of carbonyl (C=O) groups is 2. The highest BCUT2D eigenvalue weighted by atomic mass is 19.3. The van der Waals surface area contributed by atoms with Gasteiger partial charge in [0.05, 0.1) is 6.07 Å². The Hall–Kier alpha value is -1.95. The van der Waals surface area contributed by atoms with Gasteiger partial charge in [-0.3, -0.25) is 4.79 Å². The van der Waals surface area contributed by atoms with E-state index in [-0.39, 0.29) is 0 Å². The van der Waals surface area contributed by atoms with Crippen LogP contribution in [-0.4, -0.2) is 52.6 Å². The van der Waals surface area contributed by atoms with Gasteiger partial charge in [-0.1, -0.05) is 25.3 Å². The summed E-state index contributed by atoms with van der Waals surface area (Å²) in [6.45, 7) is 2.21. The van der Waals surface area contributed by atoms with Gasteiger partial charge in [0.2, 0.25) is 11.8 Å². The van der Waals surface area contributed by atoms with E-state index in [1.165, 1.54) is 38.5 Å². The Morgan fingerprint density at radius 3 is 2.28 bits per heavy atom. The number of nitriles is 1. The smallest absolute Gasteiger partial charge is 0.407 e. The van der Waals surface area contributed by atoms with E-state index in [4.69, 9.17) is 16.1 Å².